The average molecular weight is 310 g/mol. The molecule has 0 amide bonds. The molecule has 23 heavy (non-hydrogen) atoms. The fourth-order valence-electron chi connectivity index (χ4n) is 2.11. The Morgan fingerprint density at radius 3 is 1.91 bits per heavy atom. The Hall–Kier alpha value is -2.40. The molecule has 0 bridgehead atoms. The van der Waals surface area contributed by atoms with Gasteiger partial charge in [0, 0.05) is 18.1 Å². The van der Waals surface area contributed by atoms with E-state index in [9.17, 15) is 8.78 Å². The van der Waals surface area contributed by atoms with E-state index in [0.717, 1.165) is 42.5 Å². The molecular weight excluding hydrogens is 290 g/mol. The predicted molar refractivity (Wildman–Crippen MR) is 92.5 cm³/mol. The van der Waals surface area contributed by atoms with Crippen LogP contribution in [0.25, 0.3) is 6.08 Å². The molecule has 2 heteroatoms. The molecule has 0 atom stereocenters. The number of halogens is 2. The van der Waals surface area contributed by atoms with Crippen LogP contribution in [0.1, 0.15) is 42.5 Å². The summed E-state index contributed by atoms with van der Waals surface area (Å²) in [7, 11) is 0. The first-order valence-electron chi connectivity index (χ1n) is 7.74. The van der Waals surface area contributed by atoms with Gasteiger partial charge in [-0.25, -0.2) is 8.78 Å². The van der Waals surface area contributed by atoms with Gasteiger partial charge in [-0.3, -0.25) is 0 Å². The molecule has 0 unspecified atom stereocenters. The molecule has 118 valence electrons. The highest BCUT2D eigenvalue weighted by Gasteiger charge is 2.14. The standard InChI is InChI=1S/C21H20F2/c1-3-4-17-5-7-18(8-6-17)9-10-19-11-13-20(14-12-19)15-16-21(2,22)23/h5-8,11-16H,3-4H2,1-2H3/b16-15+. The molecule has 0 aliphatic heterocycles. The number of hydrogen-bond donors (Lipinski definition) is 0. The molecule has 0 fully saturated rings. The zero-order chi connectivity index (χ0) is 16.7. The lowest BCUT2D eigenvalue weighted by Crippen LogP contribution is -2.02. The lowest BCUT2D eigenvalue weighted by atomic mass is 10.1. The third-order valence-electron chi connectivity index (χ3n) is 3.32. The zero-order valence-corrected chi connectivity index (χ0v) is 13.4. The Labute approximate surface area is 136 Å². The van der Waals surface area contributed by atoms with Crippen LogP contribution in [0.4, 0.5) is 8.78 Å². The van der Waals surface area contributed by atoms with Crippen LogP contribution >= 0.6 is 0 Å². The van der Waals surface area contributed by atoms with Crippen molar-refractivity contribution < 1.29 is 8.78 Å². The molecule has 0 saturated heterocycles. The van der Waals surface area contributed by atoms with Crippen molar-refractivity contribution in [3.63, 3.8) is 0 Å². The van der Waals surface area contributed by atoms with Crippen molar-refractivity contribution in [3.8, 4) is 11.8 Å². The number of benzene rings is 2. The van der Waals surface area contributed by atoms with Crippen molar-refractivity contribution in [1.29, 1.82) is 0 Å². The average Bonchev–Trinajstić information content (AvgIpc) is 2.53. The van der Waals surface area contributed by atoms with Gasteiger partial charge in [0.15, 0.2) is 0 Å². The van der Waals surface area contributed by atoms with Crippen LogP contribution in [-0.2, 0) is 6.42 Å². The van der Waals surface area contributed by atoms with Crippen LogP contribution in [0.3, 0.4) is 0 Å². The van der Waals surface area contributed by atoms with E-state index in [4.69, 9.17) is 0 Å². The van der Waals surface area contributed by atoms with Gasteiger partial charge < -0.3 is 0 Å². The van der Waals surface area contributed by atoms with Gasteiger partial charge in [-0.2, -0.15) is 0 Å². The van der Waals surface area contributed by atoms with Gasteiger partial charge in [0.1, 0.15) is 0 Å². The smallest absolute Gasteiger partial charge is 0.202 e. The van der Waals surface area contributed by atoms with Gasteiger partial charge in [-0.05, 0) is 47.9 Å². The van der Waals surface area contributed by atoms with Crippen molar-refractivity contribution >= 4 is 6.08 Å². The number of rotatable bonds is 4. The quantitative estimate of drug-likeness (QED) is 0.635. The van der Waals surface area contributed by atoms with E-state index in [-0.39, 0.29) is 0 Å². The minimum absolute atomic E-state index is 0.737. The second kappa shape index (κ2) is 7.74. The fraction of sp³-hybridized carbons (Fsp3) is 0.238. The maximum Gasteiger partial charge on any atom is 0.264 e. The topological polar surface area (TPSA) is 0 Å². The monoisotopic (exact) mass is 310 g/mol. The lowest BCUT2D eigenvalue weighted by Gasteiger charge is -2.01. The summed E-state index contributed by atoms with van der Waals surface area (Å²) < 4.78 is 25.5. The maximum absolute atomic E-state index is 12.8. The van der Waals surface area contributed by atoms with Gasteiger partial charge in [0.05, 0.1) is 0 Å². The van der Waals surface area contributed by atoms with Crippen LogP contribution in [0.15, 0.2) is 54.6 Å². The first-order chi connectivity index (χ1) is 11.0. The summed E-state index contributed by atoms with van der Waals surface area (Å²) >= 11 is 0. The van der Waals surface area contributed by atoms with Crippen molar-refractivity contribution in [1.82, 2.24) is 0 Å². The van der Waals surface area contributed by atoms with Gasteiger partial charge in [0.2, 0.25) is 0 Å². The van der Waals surface area contributed by atoms with E-state index in [2.05, 4.69) is 30.9 Å². The summed E-state index contributed by atoms with van der Waals surface area (Å²) in [5.74, 6) is 3.42. The molecule has 0 aromatic heterocycles. The molecule has 2 rings (SSSR count). The first kappa shape index (κ1) is 17.0. The van der Waals surface area contributed by atoms with Gasteiger partial charge in [-0.1, -0.05) is 55.5 Å². The van der Waals surface area contributed by atoms with Crippen LogP contribution in [-0.4, -0.2) is 5.92 Å². The molecular formula is C21H20F2. The number of hydrogen-bond acceptors (Lipinski definition) is 0. The highest BCUT2D eigenvalue weighted by atomic mass is 19.3. The molecule has 0 aliphatic rings. The molecule has 0 aliphatic carbocycles. The SMILES string of the molecule is CCCc1ccc(C#Cc2ccc(/C=C/C(C)(F)F)cc2)cc1. The second-order valence-electron chi connectivity index (χ2n) is 5.61. The van der Waals surface area contributed by atoms with Crippen LogP contribution < -0.4 is 0 Å². The summed E-state index contributed by atoms with van der Waals surface area (Å²) in [5.41, 5.74) is 3.89. The molecule has 2 aromatic carbocycles. The number of allylic oxidation sites excluding steroid dienone is 1. The molecule has 2 aromatic rings. The molecule has 0 spiro atoms. The van der Waals surface area contributed by atoms with Gasteiger partial charge in [0.25, 0.3) is 5.92 Å². The Kier molecular flexibility index (Phi) is 5.71. The Bertz CT molecular complexity index is 706. The van der Waals surface area contributed by atoms with Crippen molar-refractivity contribution in [2.24, 2.45) is 0 Å². The van der Waals surface area contributed by atoms with Crippen LogP contribution in [0.2, 0.25) is 0 Å². The van der Waals surface area contributed by atoms with E-state index >= 15 is 0 Å². The summed E-state index contributed by atoms with van der Waals surface area (Å²) in [6, 6.07) is 15.5. The van der Waals surface area contributed by atoms with Crippen molar-refractivity contribution in [2.75, 3.05) is 0 Å². The summed E-state index contributed by atoms with van der Waals surface area (Å²) in [4.78, 5) is 0. The summed E-state index contributed by atoms with van der Waals surface area (Å²) in [6.45, 7) is 3.03. The minimum Gasteiger partial charge on any atom is -0.202 e. The van der Waals surface area contributed by atoms with Crippen LogP contribution in [0.5, 0.6) is 0 Å². The maximum atomic E-state index is 12.8. The number of aryl methyl sites for hydroxylation is 1. The van der Waals surface area contributed by atoms with Gasteiger partial charge in [-0.15, -0.1) is 0 Å². The van der Waals surface area contributed by atoms with E-state index in [1.54, 1.807) is 12.1 Å². The number of alkyl halides is 2. The molecule has 0 heterocycles. The molecule has 0 saturated carbocycles. The highest BCUT2D eigenvalue weighted by molar-refractivity contribution is 5.53. The summed E-state index contributed by atoms with van der Waals surface area (Å²) in [6.07, 6.45) is 4.53. The Morgan fingerprint density at radius 2 is 1.43 bits per heavy atom. The van der Waals surface area contributed by atoms with Crippen molar-refractivity contribution in [2.45, 2.75) is 32.6 Å². The van der Waals surface area contributed by atoms with E-state index in [0.29, 0.717) is 0 Å². The third-order valence-corrected chi connectivity index (χ3v) is 3.32. The summed E-state index contributed by atoms with van der Waals surface area (Å²) in [5, 5.41) is 0. The highest BCUT2D eigenvalue weighted by Crippen LogP contribution is 2.16. The third kappa shape index (κ3) is 6.08. The zero-order valence-electron chi connectivity index (χ0n) is 13.4. The normalized spacial score (nSPS) is 11.3. The minimum atomic E-state index is -2.79. The Morgan fingerprint density at radius 1 is 0.913 bits per heavy atom. The van der Waals surface area contributed by atoms with E-state index < -0.39 is 5.92 Å². The van der Waals surface area contributed by atoms with Crippen LogP contribution in [0, 0.1) is 11.8 Å². The van der Waals surface area contributed by atoms with E-state index in [1.807, 2.05) is 24.3 Å². The van der Waals surface area contributed by atoms with E-state index in [1.165, 1.54) is 11.6 Å². The molecule has 0 N–H and O–H groups in total. The van der Waals surface area contributed by atoms with Crippen molar-refractivity contribution in [3.05, 3.63) is 76.9 Å². The largest absolute Gasteiger partial charge is 0.264 e. The molecule has 0 radical (unpaired) electrons. The molecule has 0 nitrogen and oxygen atoms in total. The second-order valence-corrected chi connectivity index (χ2v) is 5.61. The fourth-order valence-corrected chi connectivity index (χ4v) is 2.11. The predicted octanol–water partition coefficient (Wildman–Crippen LogP) is 5.71. The first-order valence-corrected chi connectivity index (χ1v) is 7.74. The lowest BCUT2D eigenvalue weighted by molar-refractivity contribution is 0.0784. The van der Waals surface area contributed by atoms with Gasteiger partial charge >= 0.3 is 0 Å². The Balaban J connectivity index is 2.05.